The molecule has 0 heterocycles. The minimum atomic E-state index is -3.24. The Labute approximate surface area is 177 Å². The largest absolute Gasteiger partial charge is 0.507 e. The number of sulfone groups is 1. The van der Waals surface area contributed by atoms with Gasteiger partial charge in [-0.15, -0.1) is 0 Å². The van der Waals surface area contributed by atoms with Gasteiger partial charge in [-0.25, -0.2) is 13.2 Å². The molecule has 0 bridgehead atoms. The molecule has 0 aliphatic carbocycles. The number of phenols is 1. The van der Waals surface area contributed by atoms with Crippen molar-refractivity contribution < 1.29 is 32.9 Å². The zero-order valence-corrected chi connectivity index (χ0v) is 17.9. The molecule has 0 aliphatic rings. The molecule has 0 radical (unpaired) electrons. The van der Waals surface area contributed by atoms with Gasteiger partial charge >= 0.3 is 5.97 Å². The normalized spacial score (nSPS) is 11.4. The summed E-state index contributed by atoms with van der Waals surface area (Å²) in [5, 5.41) is 18.4. The summed E-state index contributed by atoms with van der Waals surface area (Å²) < 4.78 is 35.5. The van der Waals surface area contributed by atoms with E-state index in [1.807, 2.05) is 6.92 Å². The first-order valence-corrected chi connectivity index (χ1v) is 11.5. The second kappa shape index (κ2) is 11.6. The van der Waals surface area contributed by atoms with Crippen molar-refractivity contribution in [1.82, 2.24) is 0 Å². The molecule has 2 aromatic carbocycles. The first kappa shape index (κ1) is 23.7. The SMILES string of the molecule is Cc1ccc(S(=O)(=O)CCCCOCCCCOc2ccc(O)c(C(=O)O)c2)cc1. The Balaban J connectivity index is 1.54. The maximum absolute atomic E-state index is 12.2. The summed E-state index contributed by atoms with van der Waals surface area (Å²) in [6.45, 7) is 3.37. The molecule has 30 heavy (non-hydrogen) atoms. The lowest BCUT2D eigenvalue weighted by atomic mass is 10.2. The number of aryl methyl sites for hydroxylation is 1. The van der Waals surface area contributed by atoms with Crippen LogP contribution in [0, 0.1) is 6.92 Å². The van der Waals surface area contributed by atoms with E-state index in [0.29, 0.717) is 43.3 Å². The molecule has 0 amide bonds. The van der Waals surface area contributed by atoms with Gasteiger partial charge in [0.05, 0.1) is 17.3 Å². The predicted octanol–water partition coefficient (Wildman–Crippen LogP) is 3.83. The third-order valence-corrected chi connectivity index (χ3v) is 6.30. The predicted molar refractivity (Wildman–Crippen MR) is 113 cm³/mol. The number of carboxylic acids is 1. The van der Waals surface area contributed by atoms with Gasteiger partial charge in [-0.05, 0) is 62.9 Å². The lowest BCUT2D eigenvalue weighted by molar-refractivity contribution is 0.0693. The van der Waals surface area contributed by atoms with Crippen molar-refractivity contribution in [2.45, 2.75) is 37.5 Å². The van der Waals surface area contributed by atoms with Gasteiger partial charge < -0.3 is 19.7 Å². The molecule has 0 unspecified atom stereocenters. The van der Waals surface area contributed by atoms with Crippen molar-refractivity contribution >= 4 is 15.8 Å². The number of hydrogen-bond donors (Lipinski definition) is 2. The van der Waals surface area contributed by atoms with Crippen molar-refractivity contribution in [3.8, 4) is 11.5 Å². The Hall–Kier alpha value is -2.58. The molecule has 164 valence electrons. The summed E-state index contributed by atoms with van der Waals surface area (Å²) in [5.74, 6) is -1.01. The summed E-state index contributed by atoms with van der Waals surface area (Å²) in [7, 11) is -3.24. The average molecular weight is 437 g/mol. The molecular weight excluding hydrogens is 408 g/mol. The van der Waals surface area contributed by atoms with Gasteiger partial charge in [0.25, 0.3) is 0 Å². The Kier molecular flexibility index (Phi) is 9.14. The van der Waals surface area contributed by atoms with E-state index >= 15 is 0 Å². The monoisotopic (exact) mass is 436 g/mol. The number of hydrogen-bond acceptors (Lipinski definition) is 6. The Morgan fingerprint density at radius 1 is 0.933 bits per heavy atom. The Morgan fingerprint density at radius 3 is 2.23 bits per heavy atom. The molecule has 0 aromatic heterocycles. The van der Waals surface area contributed by atoms with E-state index in [9.17, 15) is 18.3 Å². The average Bonchev–Trinajstić information content (AvgIpc) is 2.70. The summed E-state index contributed by atoms with van der Waals surface area (Å²) in [6, 6.07) is 11.0. The third-order valence-electron chi connectivity index (χ3n) is 4.48. The van der Waals surface area contributed by atoms with E-state index in [1.165, 1.54) is 18.2 Å². The van der Waals surface area contributed by atoms with E-state index in [0.717, 1.165) is 18.4 Å². The number of benzene rings is 2. The van der Waals surface area contributed by atoms with Crippen molar-refractivity contribution in [3.05, 3.63) is 53.6 Å². The molecule has 8 heteroatoms. The van der Waals surface area contributed by atoms with Crippen molar-refractivity contribution in [1.29, 1.82) is 0 Å². The second-order valence-corrected chi connectivity index (χ2v) is 9.10. The molecule has 2 rings (SSSR count). The smallest absolute Gasteiger partial charge is 0.339 e. The molecule has 0 atom stereocenters. The molecule has 0 spiro atoms. The standard InChI is InChI=1S/C22H28O7S/c1-17-6-9-19(10-7-17)30(26,27)15-5-4-13-28-12-2-3-14-29-18-8-11-21(23)20(16-18)22(24)25/h6-11,16,23H,2-5,12-15H2,1H3,(H,24,25). The molecule has 7 nitrogen and oxygen atoms in total. The van der Waals surface area contributed by atoms with Gasteiger partial charge in [-0.1, -0.05) is 17.7 Å². The maximum Gasteiger partial charge on any atom is 0.339 e. The zero-order valence-electron chi connectivity index (χ0n) is 17.0. The number of ether oxygens (including phenoxy) is 2. The molecular formula is C22H28O7S. The van der Waals surface area contributed by atoms with Crippen LogP contribution in [0.1, 0.15) is 41.6 Å². The highest BCUT2D eigenvalue weighted by Crippen LogP contribution is 2.23. The molecule has 2 aromatic rings. The van der Waals surface area contributed by atoms with Crippen LogP contribution in [0.3, 0.4) is 0 Å². The van der Waals surface area contributed by atoms with Crippen molar-refractivity contribution in [2.24, 2.45) is 0 Å². The van der Waals surface area contributed by atoms with Crippen LogP contribution in [-0.4, -0.2) is 50.2 Å². The van der Waals surface area contributed by atoms with Crippen LogP contribution in [-0.2, 0) is 14.6 Å². The highest BCUT2D eigenvalue weighted by atomic mass is 32.2. The summed E-state index contributed by atoms with van der Waals surface area (Å²) >= 11 is 0. The van der Waals surface area contributed by atoms with E-state index in [4.69, 9.17) is 14.6 Å². The van der Waals surface area contributed by atoms with Crippen molar-refractivity contribution in [3.63, 3.8) is 0 Å². The van der Waals surface area contributed by atoms with Gasteiger partial charge in [-0.2, -0.15) is 0 Å². The van der Waals surface area contributed by atoms with Gasteiger partial charge in [0, 0.05) is 13.2 Å². The maximum atomic E-state index is 12.2. The fourth-order valence-electron chi connectivity index (χ4n) is 2.73. The Bertz CT molecular complexity index is 921. The minimum absolute atomic E-state index is 0.109. The van der Waals surface area contributed by atoms with Crippen LogP contribution in [0.25, 0.3) is 0 Å². The minimum Gasteiger partial charge on any atom is -0.507 e. The molecule has 0 saturated heterocycles. The van der Waals surface area contributed by atoms with Crippen LogP contribution in [0.4, 0.5) is 0 Å². The lowest BCUT2D eigenvalue weighted by Crippen LogP contribution is -2.08. The van der Waals surface area contributed by atoms with Gasteiger partial charge in [0.15, 0.2) is 9.84 Å². The van der Waals surface area contributed by atoms with E-state index in [2.05, 4.69) is 0 Å². The molecule has 2 N–H and O–H groups in total. The van der Waals surface area contributed by atoms with E-state index in [-0.39, 0.29) is 17.1 Å². The number of carbonyl (C=O) groups is 1. The van der Waals surface area contributed by atoms with Crippen LogP contribution in [0.2, 0.25) is 0 Å². The van der Waals surface area contributed by atoms with Crippen LogP contribution < -0.4 is 4.74 Å². The number of carboxylic acid groups (broad SMARTS) is 1. The summed E-state index contributed by atoms with van der Waals surface area (Å²) in [5.41, 5.74) is 0.834. The fraction of sp³-hybridized carbons (Fsp3) is 0.409. The number of aromatic hydroxyl groups is 1. The van der Waals surface area contributed by atoms with Crippen LogP contribution in [0.15, 0.2) is 47.4 Å². The molecule has 0 fully saturated rings. The summed E-state index contributed by atoms with van der Waals surface area (Å²) in [6.07, 6.45) is 2.72. The van der Waals surface area contributed by atoms with Gasteiger partial charge in [0.1, 0.15) is 17.1 Å². The zero-order chi connectivity index (χ0) is 22.0. The number of rotatable bonds is 13. The van der Waals surface area contributed by atoms with Crippen LogP contribution >= 0.6 is 0 Å². The van der Waals surface area contributed by atoms with Gasteiger partial charge in [0.2, 0.25) is 0 Å². The van der Waals surface area contributed by atoms with E-state index < -0.39 is 15.8 Å². The summed E-state index contributed by atoms with van der Waals surface area (Å²) in [4.78, 5) is 11.3. The highest BCUT2D eigenvalue weighted by molar-refractivity contribution is 7.91. The molecule has 0 aliphatic heterocycles. The Morgan fingerprint density at radius 2 is 1.57 bits per heavy atom. The number of aromatic carboxylic acids is 1. The lowest BCUT2D eigenvalue weighted by Gasteiger charge is -2.08. The van der Waals surface area contributed by atoms with Crippen LogP contribution in [0.5, 0.6) is 11.5 Å². The topological polar surface area (TPSA) is 110 Å². The van der Waals surface area contributed by atoms with Gasteiger partial charge in [-0.3, -0.25) is 0 Å². The highest BCUT2D eigenvalue weighted by Gasteiger charge is 2.13. The fourth-order valence-corrected chi connectivity index (χ4v) is 4.10. The third kappa shape index (κ3) is 7.68. The first-order chi connectivity index (χ1) is 14.3. The quantitative estimate of drug-likeness (QED) is 0.459. The second-order valence-electron chi connectivity index (χ2n) is 6.99. The van der Waals surface area contributed by atoms with Crippen molar-refractivity contribution in [2.75, 3.05) is 25.6 Å². The molecule has 0 saturated carbocycles. The number of unbranched alkanes of at least 4 members (excludes halogenated alkanes) is 2. The van der Waals surface area contributed by atoms with E-state index in [1.54, 1.807) is 24.3 Å². The first-order valence-electron chi connectivity index (χ1n) is 9.86.